The minimum atomic E-state index is -0.262. The van der Waals surface area contributed by atoms with Gasteiger partial charge in [-0.15, -0.1) is 16.4 Å². The molecule has 6 nitrogen and oxygen atoms in total. The maximum Gasteiger partial charge on any atom is 0.259 e. The molecular formula is C18H13BrN4O2S. The summed E-state index contributed by atoms with van der Waals surface area (Å²) in [6.45, 7) is 0. The summed E-state index contributed by atoms with van der Waals surface area (Å²) in [6.07, 6.45) is 0. The van der Waals surface area contributed by atoms with Gasteiger partial charge in [0.05, 0.1) is 18.4 Å². The predicted octanol–water partition coefficient (Wildman–Crippen LogP) is 4.48. The van der Waals surface area contributed by atoms with Gasteiger partial charge in [0.1, 0.15) is 5.75 Å². The summed E-state index contributed by atoms with van der Waals surface area (Å²) in [6, 6.07) is 14.9. The van der Waals surface area contributed by atoms with Gasteiger partial charge < -0.3 is 4.74 Å². The van der Waals surface area contributed by atoms with Crippen molar-refractivity contribution < 1.29 is 9.53 Å². The molecular weight excluding hydrogens is 416 g/mol. The molecule has 0 unspecified atom stereocenters. The molecule has 0 saturated heterocycles. The van der Waals surface area contributed by atoms with Gasteiger partial charge in [0.15, 0.2) is 0 Å². The highest BCUT2D eigenvalue weighted by Crippen LogP contribution is 2.27. The van der Waals surface area contributed by atoms with Crippen molar-refractivity contribution in [2.24, 2.45) is 0 Å². The zero-order valence-electron chi connectivity index (χ0n) is 13.6. The van der Waals surface area contributed by atoms with Crippen LogP contribution in [0.2, 0.25) is 0 Å². The number of nitrogens with zero attached hydrogens (tertiary/aromatic N) is 3. The van der Waals surface area contributed by atoms with Crippen LogP contribution in [0.25, 0.3) is 16.2 Å². The van der Waals surface area contributed by atoms with E-state index in [2.05, 4.69) is 31.3 Å². The van der Waals surface area contributed by atoms with Crippen LogP contribution in [-0.2, 0) is 0 Å². The second-order valence-electron chi connectivity index (χ2n) is 5.41. The van der Waals surface area contributed by atoms with Gasteiger partial charge >= 0.3 is 0 Å². The van der Waals surface area contributed by atoms with Crippen LogP contribution in [0.15, 0.2) is 58.4 Å². The van der Waals surface area contributed by atoms with Gasteiger partial charge in [0, 0.05) is 15.4 Å². The van der Waals surface area contributed by atoms with Crippen molar-refractivity contribution in [2.75, 3.05) is 12.4 Å². The SMILES string of the molecule is COc1ccc(-c2csc3nc(NC(=O)c4ccccc4Br)nn23)cc1. The van der Waals surface area contributed by atoms with Crippen LogP contribution in [0.3, 0.4) is 0 Å². The number of methoxy groups -OCH3 is 1. The van der Waals surface area contributed by atoms with E-state index in [4.69, 9.17) is 4.74 Å². The molecule has 2 aromatic heterocycles. The fraction of sp³-hybridized carbons (Fsp3) is 0.0556. The first-order valence-corrected chi connectivity index (χ1v) is 9.37. The molecule has 2 heterocycles. The Bertz CT molecular complexity index is 1090. The minimum Gasteiger partial charge on any atom is -0.497 e. The van der Waals surface area contributed by atoms with Crippen molar-refractivity contribution in [1.29, 1.82) is 0 Å². The van der Waals surface area contributed by atoms with Crippen LogP contribution >= 0.6 is 27.3 Å². The first-order chi connectivity index (χ1) is 12.7. The molecule has 1 amide bonds. The number of amides is 1. The monoisotopic (exact) mass is 428 g/mol. The number of halogens is 1. The topological polar surface area (TPSA) is 68.5 Å². The standard InChI is InChI=1S/C18H13BrN4O2S/c1-25-12-8-6-11(7-9-12)15-10-26-18-21-17(22-23(15)18)20-16(24)13-4-2-3-5-14(13)19/h2-10H,1H3,(H,20,22,24). The summed E-state index contributed by atoms with van der Waals surface area (Å²) < 4.78 is 7.63. The van der Waals surface area contributed by atoms with Crippen LogP contribution in [0.4, 0.5) is 5.95 Å². The first kappa shape index (κ1) is 16.7. The molecule has 0 spiro atoms. The van der Waals surface area contributed by atoms with Gasteiger partial charge in [-0.2, -0.15) is 4.98 Å². The predicted molar refractivity (Wildman–Crippen MR) is 105 cm³/mol. The number of carbonyl (C=O) groups is 1. The molecule has 0 aliphatic rings. The van der Waals surface area contributed by atoms with Crippen LogP contribution in [-0.4, -0.2) is 27.6 Å². The molecule has 1 N–H and O–H groups in total. The molecule has 130 valence electrons. The van der Waals surface area contributed by atoms with E-state index in [-0.39, 0.29) is 11.9 Å². The van der Waals surface area contributed by atoms with E-state index < -0.39 is 0 Å². The second-order valence-corrected chi connectivity index (χ2v) is 7.10. The molecule has 4 aromatic rings. The van der Waals surface area contributed by atoms with E-state index in [0.717, 1.165) is 21.5 Å². The number of carbonyl (C=O) groups excluding carboxylic acids is 1. The number of thiazole rings is 1. The van der Waals surface area contributed by atoms with Gasteiger partial charge in [-0.25, -0.2) is 4.52 Å². The average molecular weight is 429 g/mol. The number of nitrogens with one attached hydrogen (secondary N) is 1. The molecule has 2 aromatic carbocycles. The van der Waals surface area contributed by atoms with Gasteiger partial charge in [-0.1, -0.05) is 12.1 Å². The van der Waals surface area contributed by atoms with Crippen molar-refractivity contribution in [3.05, 3.63) is 63.9 Å². The fourth-order valence-corrected chi connectivity index (χ4v) is 3.80. The van der Waals surface area contributed by atoms with Crippen molar-refractivity contribution in [3.63, 3.8) is 0 Å². The Kier molecular flexibility index (Phi) is 4.44. The van der Waals surface area contributed by atoms with Gasteiger partial charge in [0.25, 0.3) is 11.9 Å². The Morgan fingerprint density at radius 2 is 1.96 bits per heavy atom. The summed E-state index contributed by atoms with van der Waals surface area (Å²) in [5, 5.41) is 9.15. The number of aromatic nitrogens is 3. The Balaban J connectivity index is 1.63. The fourth-order valence-electron chi connectivity index (χ4n) is 2.51. The Hall–Kier alpha value is -2.71. The number of ether oxygens (including phenoxy) is 1. The number of hydrogen-bond donors (Lipinski definition) is 1. The van der Waals surface area contributed by atoms with E-state index in [1.807, 2.05) is 41.8 Å². The van der Waals surface area contributed by atoms with Crippen molar-refractivity contribution in [3.8, 4) is 17.0 Å². The second kappa shape index (κ2) is 6.89. The molecule has 26 heavy (non-hydrogen) atoms. The number of hydrogen-bond acceptors (Lipinski definition) is 5. The third-order valence-corrected chi connectivity index (χ3v) is 5.32. The molecule has 0 fully saturated rings. The minimum absolute atomic E-state index is 0.262. The molecule has 0 aliphatic heterocycles. The maximum atomic E-state index is 12.4. The summed E-state index contributed by atoms with van der Waals surface area (Å²) in [5.74, 6) is 0.800. The summed E-state index contributed by atoms with van der Waals surface area (Å²) in [7, 11) is 1.63. The summed E-state index contributed by atoms with van der Waals surface area (Å²) in [4.78, 5) is 17.5. The van der Waals surface area contributed by atoms with Crippen molar-refractivity contribution in [1.82, 2.24) is 14.6 Å². The zero-order valence-corrected chi connectivity index (χ0v) is 16.0. The van der Waals surface area contributed by atoms with Gasteiger partial charge in [0.2, 0.25) is 4.96 Å². The van der Waals surface area contributed by atoms with Gasteiger partial charge in [-0.05, 0) is 52.3 Å². The smallest absolute Gasteiger partial charge is 0.259 e. The normalized spacial score (nSPS) is 10.8. The quantitative estimate of drug-likeness (QED) is 0.520. The lowest BCUT2D eigenvalue weighted by molar-refractivity contribution is 0.102. The highest BCUT2D eigenvalue weighted by Gasteiger charge is 2.15. The van der Waals surface area contributed by atoms with Crippen molar-refractivity contribution in [2.45, 2.75) is 0 Å². The van der Waals surface area contributed by atoms with Crippen LogP contribution in [0.1, 0.15) is 10.4 Å². The Labute approximate surface area is 161 Å². The lowest BCUT2D eigenvalue weighted by atomic mass is 10.2. The van der Waals surface area contributed by atoms with Crippen LogP contribution in [0.5, 0.6) is 5.75 Å². The lowest BCUT2D eigenvalue weighted by Crippen LogP contribution is -2.13. The van der Waals surface area contributed by atoms with E-state index in [0.29, 0.717) is 10.5 Å². The maximum absolute atomic E-state index is 12.4. The van der Waals surface area contributed by atoms with Crippen molar-refractivity contribution >= 4 is 44.1 Å². The Morgan fingerprint density at radius 1 is 1.19 bits per heavy atom. The molecule has 8 heteroatoms. The zero-order chi connectivity index (χ0) is 18.1. The van der Waals surface area contributed by atoms with E-state index in [9.17, 15) is 4.79 Å². The number of anilines is 1. The van der Waals surface area contributed by atoms with Crippen LogP contribution in [0, 0.1) is 0 Å². The van der Waals surface area contributed by atoms with E-state index >= 15 is 0 Å². The Morgan fingerprint density at radius 3 is 2.69 bits per heavy atom. The average Bonchev–Trinajstić information content (AvgIpc) is 3.22. The summed E-state index contributed by atoms with van der Waals surface area (Å²) >= 11 is 4.84. The van der Waals surface area contributed by atoms with E-state index in [1.54, 1.807) is 23.8 Å². The van der Waals surface area contributed by atoms with E-state index in [1.165, 1.54) is 11.3 Å². The third kappa shape index (κ3) is 3.09. The van der Waals surface area contributed by atoms with Crippen LogP contribution < -0.4 is 10.1 Å². The molecule has 0 aliphatic carbocycles. The molecule has 4 rings (SSSR count). The highest BCUT2D eigenvalue weighted by molar-refractivity contribution is 9.10. The molecule has 0 saturated carbocycles. The number of fused-ring (bicyclic) bond motifs is 1. The first-order valence-electron chi connectivity index (χ1n) is 7.70. The molecule has 0 bridgehead atoms. The highest BCUT2D eigenvalue weighted by atomic mass is 79.9. The van der Waals surface area contributed by atoms with Gasteiger partial charge in [-0.3, -0.25) is 10.1 Å². The third-order valence-electron chi connectivity index (χ3n) is 3.81. The number of rotatable bonds is 4. The summed E-state index contributed by atoms with van der Waals surface area (Å²) in [5.41, 5.74) is 2.42. The molecule has 0 radical (unpaired) electrons. The number of benzene rings is 2. The molecule has 0 atom stereocenters. The largest absolute Gasteiger partial charge is 0.497 e. The lowest BCUT2D eigenvalue weighted by Gasteiger charge is -2.03.